The molecular formula is C13H16ClN5O. The summed E-state index contributed by atoms with van der Waals surface area (Å²) in [7, 11) is 0. The molecule has 1 aromatic carbocycles. The molecule has 2 rings (SSSR count). The van der Waals surface area contributed by atoms with Gasteiger partial charge in [-0.1, -0.05) is 37.1 Å². The smallest absolute Gasteiger partial charge is 0.249 e. The van der Waals surface area contributed by atoms with Gasteiger partial charge in [0, 0.05) is 5.56 Å². The fourth-order valence-corrected chi connectivity index (χ4v) is 1.96. The summed E-state index contributed by atoms with van der Waals surface area (Å²) in [6.07, 6.45) is 1.46. The number of carbonyl (C=O) groups excluding carboxylic acids is 1. The SMILES string of the molecule is CCCC(N)C(=O)Nc1n[nH]c(-c2ccccc2Cl)n1. The van der Waals surface area contributed by atoms with Gasteiger partial charge in [0.25, 0.3) is 0 Å². The minimum absolute atomic E-state index is 0.191. The van der Waals surface area contributed by atoms with Crippen LogP contribution in [0.15, 0.2) is 24.3 Å². The lowest BCUT2D eigenvalue weighted by Crippen LogP contribution is -2.35. The van der Waals surface area contributed by atoms with Gasteiger partial charge in [-0.2, -0.15) is 4.98 Å². The van der Waals surface area contributed by atoms with E-state index in [4.69, 9.17) is 17.3 Å². The van der Waals surface area contributed by atoms with Crippen molar-refractivity contribution in [1.29, 1.82) is 0 Å². The number of hydrogen-bond acceptors (Lipinski definition) is 4. The van der Waals surface area contributed by atoms with Crippen molar-refractivity contribution in [3.05, 3.63) is 29.3 Å². The monoisotopic (exact) mass is 293 g/mol. The Labute approximate surface area is 121 Å². The Balaban J connectivity index is 2.10. The maximum Gasteiger partial charge on any atom is 0.249 e. The average molecular weight is 294 g/mol. The number of nitrogens with two attached hydrogens (primary N) is 1. The van der Waals surface area contributed by atoms with Crippen LogP contribution >= 0.6 is 11.6 Å². The van der Waals surface area contributed by atoms with E-state index in [1.54, 1.807) is 6.07 Å². The Hall–Kier alpha value is -1.92. The van der Waals surface area contributed by atoms with Crippen LogP contribution < -0.4 is 11.1 Å². The van der Waals surface area contributed by atoms with Gasteiger partial charge in [0.05, 0.1) is 11.1 Å². The summed E-state index contributed by atoms with van der Waals surface area (Å²) in [5, 5.41) is 9.81. The number of aromatic amines is 1. The third-order valence-electron chi connectivity index (χ3n) is 2.79. The third kappa shape index (κ3) is 3.34. The Kier molecular flexibility index (Phi) is 4.70. The third-order valence-corrected chi connectivity index (χ3v) is 3.12. The number of rotatable bonds is 5. The first kappa shape index (κ1) is 14.5. The summed E-state index contributed by atoms with van der Waals surface area (Å²) in [5.41, 5.74) is 6.44. The van der Waals surface area contributed by atoms with Crippen molar-refractivity contribution in [3.63, 3.8) is 0 Å². The number of nitrogens with zero attached hydrogens (tertiary/aromatic N) is 2. The molecular weight excluding hydrogens is 278 g/mol. The van der Waals surface area contributed by atoms with Gasteiger partial charge in [-0.15, -0.1) is 5.10 Å². The van der Waals surface area contributed by atoms with Crippen LogP contribution in [0.25, 0.3) is 11.4 Å². The molecule has 1 unspecified atom stereocenters. The highest BCUT2D eigenvalue weighted by Crippen LogP contribution is 2.24. The van der Waals surface area contributed by atoms with Crippen LogP contribution in [-0.4, -0.2) is 27.1 Å². The number of anilines is 1. The van der Waals surface area contributed by atoms with Gasteiger partial charge >= 0.3 is 0 Å². The van der Waals surface area contributed by atoms with Gasteiger partial charge in [0.2, 0.25) is 11.9 Å². The Morgan fingerprint density at radius 1 is 1.50 bits per heavy atom. The standard InChI is InChI=1S/C13H16ClN5O/c1-2-5-10(15)12(20)17-13-16-11(18-19-13)8-6-3-4-7-9(8)14/h3-4,6-7,10H,2,5,15H2,1H3,(H2,16,17,18,19,20). The molecule has 0 saturated carbocycles. The van der Waals surface area contributed by atoms with E-state index in [-0.39, 0.29) is 11.9 Å². The first-order chi connectivity index (χ1) is 9.61. The van der Waals surface area contributed by atoms with Crippen LogP contribution in [0.3, 0.4) is 0 Å². The summed E-state index contributed by atoms with van der Waals surface area (Å²) in [5.74, 6) is 0.392. The Morgan fingerprint density at radius 2 is 2.25 bits per heavy atom. The van der Waals surface area contributed by atoms with E-state index < -0.39 is 6.04 Å². The van der Waals surface area contributed by atoms with Crippen molar-refractivity contribution < 1.29 is 4.79 Å². The second-order valence-electron chi connectivity index (χ2n) is 4.37. The molecule has 6 nitrogen and oxygen atoms in total. The van der Waals surface area contributed by atoms with Crippen LogP contribution in [0.1, 0.15) is 19.8 Å². The van der Waals surface area contributed by atoms with Gasteiger partial charge in [-0.3, -0.25) is 15.2 Å². The number of benzene rings is 1. The van der Waals surface area contributed by atoms with Crippen molar-refractivity contribution in [1.82, 2.24) is 15.2 Å². The number of amides is 1. The minimum atomic E-state index is -0.553. The molecule has 0 aliphatic carbocycles. The lowest BCUT2D eigenvalue weighted by molar-refractivity contribution is -0.117. The van der Waals surface area contributed by atoms with Gasteiger partial charge in [0.1, 0.15) is 0 Å². The molecule has 2 aromatic rings. The second-order valence-corrected chi connectivity index (χ2v) is 4.78. The molecule has 0 radical (unpaired) electrons. The zero-order valence-electron chi connectivity index (χ0n) is 11.1. The first-order valence-electron chi connectivity index (χ1n) is 6.35. The average Bonchev–Trinajstić information content (AvgIpc) is 2.87. The fraction of sp³-hybridized carbons (Fsp3) is 0.308. The van der Waals surface area contributed by atoms with E-state index >= 15 is 0 Å². The van der Waals surface area contributed by atoms with Crippen molar-refractivity contribution in [2.24, 2.45) is 5.73 Å². The molecule has 4 N–H and O–H groups in total. The molecule has 0 bridgehead atoms. The molecule has 106 valence electrons. The van der Waals surface area contributed by atoms with Crippen LogP contribution in [0.4, 0.5) is 5.95 Å². The molecule has 1 amide bonds. The highest BCUT2D eigenvalue weighted by molar-refractivity contribution is 6.33. The molecule has 1 atom stereocenters. The van der Waals surface area contributed by atoms with Crippen LogP contribution in [-0.2, 0) is 4.79 Å². The Bertz CT molecular complexity index is 598. The van der Waals surface area contributed by atoms with Crippen LogP contribution in [0.5, 0.6) is 0 Å². The molecule has 0 aliphatic rings. The van der Waals surface area contributed by atoms with Gasteiger partial charge in [-0.25, -0.2) is 0 Å². The predicted octanol–water partition coefficient (Wildman–Crippen LogP) is 2.19. The largest absolute Gasteiger partial charge is 0.320 e. The van der Waals surface area contributed by atoms with E-state index in [9.17, 15) is 4.79 Å². The molecule has 0 fully saturated rings. The van der Waals surface area contributed by atoms with E-state index in [0.717, 1.165) is 12.0 Å². The summed E-state index contributed by atoms with van der Waals surface area (Å²) in [6.45, 7) is 1.97. The zero-order chi connectivity index (χ0) is 14.5. The molecule has 20 heavy (non-hydrogen) atoms. The fourth-order valence-electron chi connectivity index (χ4n) is 1.74. The summed E-state index contributed by atoms with van der Waals surface area (Å²) < 4.78 is 0. The van der Waals surface area contributed by atoms with Crippen molar-refractivity contribution in [2.75, 3.05) is 5.32 Å². The topological polar surface area (TPSA) is 96.7 Å². The van der Waals surface area contributed by atoms with E-state index in [0.29, 0.717) is 17.3 Å². The quantitative estimate of drug-likeness (QED) is 0.787. The van der Waals surface area contributed by atoms with E-state index in [2.05, 4.69) is 20.5 Å². The molecule has 0 spiro atoms. The van der Waals surface area contributed by atoms with Gasteiger partial charge in [-0.05, 0) is 18.6 Å². The lowest BCUT2D eigenvalue weighted by Gasteiger charge is -2.08. The maximum absolute atomic E-state index is 11.8. The van der Waals surface area contributed by atoms with Crippen molar-refractivity contribution >= 4 is 23.5 Å². The summed E-state index contributed by atoms with van der Waals surface area (Å²) >= 11 is 6.07. The van der Waals surface area contributed by atoms with Crippen LogP contribution in [0, 0.1) is 0 Å². The van der Waals surface area contributed by atoms with Crippen LogP contribution in [0.2, 0.25) is 5.02 Å². The number of nitrogens with one attached hydrogen (secondary N) is 2. The van der Waals surface area contributed by atoms with Crippen molar-refractivity contribution in [3.8, 4) is 11.4 Å². The minimum Gasteiger partial charge on any atom is -0.320 e. The maximum atomic E-state index is 11.8. The number of H-pyrrole nitrogens is 1. The first-order valence-corrected chi connectivity index (χ1v) is 6.73. The number of carbonyl (C=O) groups is 1. The second kappa shape index (κ2) is 6.49. The Morgan fingerprint density at radius 3 is 2.95 bits per heavy atom. The zero-order valence-corrected chi connectivity index (χ0v) is 11.8. The highest BCUT2D eigenvalue weighted by Gasteiger charge is 2.15. The molecule has 7 heteroatoms. The molecule has 0 saturated heterocycles. The predicted molar refractivity (Wildman–Crippen MR) is 78.3 cm³/mol. The van der Waals surface area contributed by atoms with Gasteiger partial charge < -0.3 is 5.73 Å². The van der Waals surface area contributed by atoms with E-state index in [1.807, 2.05) is 25.1 Å². The van der Waals surface area contributed by atoms with Gasteiger partial charge in [0.15, 0.2) is 5.82 Å². The number of halogens is 1. The van der Waals surface area contributed by atoms with Crippen molar-refractivity contribution in [2.45, 2.75) is 25.8 Å². The summed E-state index contributed by atoms with van der Waals surface area (Å²) in [6, 6.07) is 6.70. The normalized spacial score (nSPS) is 12.2. The molecule has 0 aliphatic heterocycles. The number of hydrogen-bond donors (Lipinski definition) is 3. The molecule has 1 heterocycles. The highest BCUT2D eigenvalue weighted by atomic mass is 35.5. The molecule has 1 aromatic heterocycles. The lowest BCUT2D eigenvalue weighted by atomic mass is 10.2. The number of aromatic nitrogens is 3. The summed E-state index contributed by atoms with van der Waals surface area (Å²) in [4.78, 5) is 15.9. The van der Waals surface area contributed by atoms with E-state index in [1.165, 1.54) is 0 Å².